The zero-order valence-corrected chi connectivity index (χ0v) is 29.7. The maximum absolute atomic E-state index is 12.3. The Morgan fingerprint density at radius 1 is 0.725 bits per heavy atom. The van der Waals surface area contributed by atoms with Crippen molar-refractivity contribution in [2.45, 2.75) is 84.0 Å². The molecule has 1 atom stereocenters. The molecule has 0 amide bonds. The summed E-state index contributed by atoms with van der Waals surface area (Å²) in [6.07, 6.45) is 12.2. The first-order valence-corrected chi connectivity index (χ1v) is 17.9. The number of ether oxygens (including phenoxy) is 6. The van der Waals surface area contributed by atoms with E-state index in [1.165, 1.54) is 44.6 Å². The Morgan fingerprint density at radius 3 is 2.08 bits per heavy atom. The smallest absolute Gasteiger partial charge is 0.307 e. The molecule has 0 saturated carbocycles. The first kappa shape index (κ1) is 37.1. The number of hydrogen-bond donors (Lipinski definition) is 0. The highest BCUT2D eigenvalue weighted by atomic mass is 16.6. The second-order valence-electron chi connectivity index (χ2n) is 12.5. The van der Waals surface area contributed by atoms with E-state index in [9.17, 15) is 4.79 Å². The molecule has 266 valence electrons. The number of hydrogen-bond acceptors (Lipinski definition) is 7. The van der Waals surface area contributed by atoms with Crippen LogP contribution in [0.25, 0.3) is 5.76 Å². The van der Waals surface area contributed by atoms with Gasteiger partial charge in [0.15, 0.2) is 23.0 Å². The lowest BCUT2D eigenvalue weighted by molar-refractivity contribution is -0.138. The molecule has 1 heterocycles. The van der Waals surface area contributed by atoms with Gasteiger partial charge in [-0.2, -0.15) is 0 Å². The summed E-state index contributed by atoms with van der Waals surface area (Å²) in [4.78, 5) is 12.3. The number of esters is 1. The van der Waals surface area contributed by atoms with Gasteiger partial charge in [0.1, 0.15) is 18.5 Å². The molecule has 4 aromatic carbocycles. The molecular formula is C44H48O7. The van der Waals surface area contributed by atoms with Crippen LogP contribution in [0.15, 0.2) is 109 Å². The quantitative estimate of drug-likeness (QED) is 0.0552. The highest BCUT2D eigenvalue weighted by Gasteiger charge is 2.35. The van der Waals surface area contributed by atoms with Crippen LogP contribution in [0.1, 0.15) is 93.1 Å². The number of carbonyl (C=O) groups is 1. The Hall–Kier alpha value is -5.19. The van der Waals surface area contributed by atoms with Gasteiger partial charge in [0.2, 0.25) is 6.10 Å². The number of para-hydroxylation sites is 1. The number of unbranched alkanes of at least 4 members (excludes halogenated alkanes) is 8. The monoisotopic (exact) mass is 688 g/mol. The van der Waals surface area contributed by atoms with E-state index in [0.717, 1.165) is 43.4 Å². The topological polar surface area (TPSA) is 72.5 Å². The largest absolute Gasteiger partial charge is 0.493 e. The van der Waals surface area contributed by atoms with Gasteiger partial charge in [-0.15, -0.1) is 0 Å². The summed E-state index contributed by atoms with van der Waals surface area (Å²) in [5.41, 5.74) is 3.64. The van der Waals surface area contributed by atoms with E-state index in [2.05, 4.69) is 24.2 Å². The highest BCUT2D eigenvalue weighted by Crippen LogP contribution is 2.44. The number of rotatable bonds is 19. The van der Waals surface area contributed by atoms with Crippen molar-refractivity contribution in [2.24, 2.45) is 0 Å². The summed E-state index contributed by atoms with van der Waals surface area (Å²) in [7, 11) is 1.58. The van der Waals surface area contributed by atoms with Crippen LogP contribution in [-0.4, -0.2) is 19.7 Å². The van der Waals surface area contributed by atoms with Crippen molar-refractivity contribution in [3.05, 3.63) is 131 Å². The number of fused-ring (bicyclic) bond motifs is 1. The van der Waals surface area contributed by atoms with E-state index in [-0.39, 0.29) is 5.76 Å². The normalized spacial score (nSPS) is 13.3. The SMILES string of the molecule is COc1cc(C2=C(OC(C)=O)C(OC#CCCCCCCCCCCOCc3ccccc3)c3ccccc3O2)ccc1OCc1ccccc1. The molecule has 0 spiro atoms. The van der Waals surface area contributed by atoms with Gasteiger partial charge >= 0.3 is 5.97 Å². The molecule has 51 heavy (non-hydrogen) atoms. The molecule has 1 aliphatic rings. The van der Waals surface area contributed by atoms with Crippen molar-refractivity contribution in [2.75, 3.05) is 13.7 Å². The van der Waals surface area contributed by atoms with Crippen LogP contribution >= 0.6 is 0 Å². The minimum atomic E-state index is -0.759. The molecule has 0 fully saturated rings. The maximum atomic E-state index is 12.3. The molecule has 5 rings (SSSR count). The summed E-state index contributed by atoms with van der Waals surface area (Å²) < 4.78 is 35.8. The van der Waals surface area contributed by atoms with Crippen LogP contribution in [0, 0.1) is 12.0 Å². The molecule has 0 saturated heterocycles. The Kier molecular flexibility index (Phi) is 14.9. The minimum Gasteiger partial charge on any atom is -0.493 e. The van der Waals surface area contributed by atoms with Crippen molar-refractivity contribution >= 4 is 11.7 Å². The van der Waals surface area contributed by atoms with Crippen molar-refractivity contribution in [3.63, 3.8) is 0 Å². The maximum Gasteiger partial charge on any atom is 0.307 e. The molecule has 4 aromatic rings. The molecule has 0 radical (unpaired) electrons. The number of benzene rings is 4. The van der Waals surface area contributed by atoms with E-state index in [1.54, 1.807) is 13.2 Å². The van der Waals surface area contributed by atoms with E-state index in [4.69, 9.17) is 28.4 Å². The van der Waals surface area contributed by atoms with Crippen LogP contribution in [0.2, 0.25) is 0 Å². The van der Waals surface area contributed by atoms with Crippen LogP contribution in [-0.2, 0) is 32.2 Å². The van der Waals surface area contributed by atoms with E-state index < -0.39 is 12.1 Å². The van der Waals surface area contributed by atoms with Gasteiger partial charge in [0, 0.05) is 31.1 Å². The third kappa shape index (κ3) is 11.7. The average Bonchev–Trinajstić information content (AvgIpc) is 3.16. The Morgan fingerprint density at radius 2 is 1.37 bits per heavy atom. The standard InChI is InChI=1S/C44H48O7/c1-34(45)50-44-42(37-27-28-40(41(31-37)46-2)49-33-36-23-15-12-16-24-36)51-39-26-18-17-25-38(39)43(44)48-30-20-10-8-6-4-3-5-7-9-19-29-47-32-35-21-13-11-14-22-35/h11-18,21-28,31,43H,3-10,19,29,32-33H2,1-2H3. The summed E-state index contributed by atoms with van der Waals surface area (Å²) in [6, 6.07) is 33.2. The molecule has 0 aliphatic carbocycles. The van der Waals surface area contributed by atoms with E-state index >= 15 is 0 Å². The summed E-state index contributed by atoms with van der Waals surface area (Å²) in [5.74, 6) is 4.95. The molecule has 0 aromatic heterocycles. The van der Waals surface area contributed by atoms with E-state index in [0.29, 0.717) is 41.8 Å². The van der Waals surface area contributed by atoms with E-state index in [1.807, 2.05) is 84.9 Å². The Balaban J connectivity index is 1.12. The fourth-order valence-corrected chi connectivity index (χ4v) is 5.84. The average molecular weight is 689 g/mol. The zero-order valence-electron chi connectivity index (χ0n) is 29.7. The van der Waals surface area contributed by atoms with Gasteiger partial charge in [-0.25, -0.2) is 0 Å². The fraction of sp³-hybridized carbons (Fsp3) is 0.341. The lowest BCUT2D eigenvalue weighted by atomic mass is 10.00. The lowest BCUT2D eigenvalue weighted by Gasteiger charge is -2.28. The second-order valence-corrected chi connectivity index (χ2v) is 12.5. The van der Waals surface area contributed by atoms with Crippen molar-refractivity contribution < 1.29 is 33.2 Å². The number of carbonyl (C=O) groups excluding carboxylic acids is 1. The van der Waals surface area contributed by atoms with Gasteiger partial charge in [-0.05, 0) is 48.2 Å². The molecule has 1 aliphatic heterocycles. The zero-order chi connectivity index (χ0) is 35.5. The predicted molar refractivity (Wildman–Crippen MR) is 199 cm³/mol. The number of methoxy groups -OCH3 is 1. The summed E-state index contributed by atoms with van der Waals surface area (Å²) in [5, 5.41) is 0. The molecule has 7 heteroatoms. The highest BCUT2D eigenvalue weighted by molar-refractivity contribution is 5.75. The lowest BCUT2D eigenvalue weighted by Crippen LogP contribution is -2.20. The molecule has 0 bridgehead atoms. The second kappa shape index (κ2) is 20.5. The van der Waals surface area contributed by atoms with Crippen LogP contribution in [0.3, 0.4) is 0 Å². The van der Waals surface area contributed by atoms with Crippen LogP contribution < -0.4 is 14.2 Å². The third-order valence-corrected chi connectivity index (χ3v) is 8.49. The van der Waals surface area contributed by atoms with Gasteiger partial charge < -0.3 is 28.4 Å². The van der Waals surface area contributed by atoms with Crippen molar-refractivity contribution in [3.8, 4) is 29.3 Å². The molecule has 1 unspecified atom stereocenters. The van der Waals surface area contributed by atoms with Gasteiger partial charge in [0.25, 0.3) is 0 Å². The summed E-state index contributed by atoms with van der Waals surface area (Å²) in [6.45, 7) is 3.26. The predicted octanol–water partition coefficient (Wildman–Crippen LogP) is 10.3. The van der Waals surface area contributed by atoms with Gasteiger partial charge in [-0.1, -0.05) is 123 Å². The van der Waals surface area contributed by atoms with Gasteiger partial charge in [0.05, 0.1) is 13.7 Å². The minimum absolute atomic E-state index is 0.235. The fourth-order valence-electron chi connectivity index (χ4n) is 5.84. The van der Waals surface area contributed by atoms with Crippen molar-refractivity contribution in [1.29, 1.82) is 0 Å². The van der Waals surface area contributed by atoms with Crippen molar-refractivity contribution in [1.82, 2.24) is 0 Å². The molecule has 7 nitrogen and oxygen atoms in total. The van der Waals surface area contributed by atoms with Crippen LogP contribution in [0.4, 0.5) is 0 Å². The third-order valence-electron chi connectivity index (χ3n) is 8.49. The first-order chi connectivity index (χ1) is 25.1. The molecular weight excluding hydrogens is 640 g/mol. The Labute approximate surface area is 302 Å². The van der Waals surface area contributed by atoms with Gasteiger partial charge in [-0.3, -0.25) is 4.79 Å². The first-order valence-electron chi connectivity index (χ1n) is 17.9. The summed E-state index contributed by atoms with van der Waals surface area (Å²) >= 11 is 0. The Bertz CT molecular complexity index is 1750. The molecule has 0 N–H and O–H groups in total. The van der Waals surface area contributed by atoms with Crippen LogP contribution in [0.5, 0.6) is 17.2 Å².